The van der Waals surface area contributed by atoms with Gasteiger partial charge >= 0.3 is 12.2 Å². The molecule has 2 aliphatic rings. The second-order valence-electron chi connectivity index (χ2n) is 16.1. The van der Waals surface area contributed by atoms with Gasteiger partial charge in [-0.15, -0.1) is 0 Å². The molecule has 6 rings (SSSR count). The maximum Gasteiger partial charge on any atom is 0.407 e. The number of carbonyl (C=O) groups excluding carboxylic acids is 3. The molecule has 4 N–H and O–H groups in total. The number of benzene rings is 2. The number of likely N-dealkylation sites (N-methyl/N-ethyl adjacent to an activating group) is 1. The van der Waals surface area contributed by atoms with Crippen LogP contribution in [0.2, 0.25) is 0 Å². The number of rotatable bonds is 10. The number of carboxylic acid groups (broad SMARTS) is 1. The van der Waals surface area contributed by atoms with Crippen molar-refractivity contribution < 1.29 is 29.0 Å². The molecule has 58 heavy (non-hydrogen) atoms. The van der Waals surface area contributed by atoms with Crippen molar-refractivity contribution in [2.75, 3.05) is 14.2 Å². The molecular formula is C44H54N8O6. The van der Waals surface area contributed by atoms with E-state index in [2.05, 4.69) is 27.1 Å². The van der Waals surface area contributed by atoms with Gasteiger partial charge in [0.1, 0.15) is 23.7 Å². The lowest BCUT2D eigenvalue weighted by Gasteiger charge is -2.36. The van der Waals surface area contributed by atoms with Gasteiger partial charge in [-0.1, -0.05) is 63.8 Å². The molecule has 0 bridgehead atoms. The van der Waals surface area contributed by atoms with E-state index in [9.17, 15) is 24.3 Å². The van der Waals surface area contributed by atoms with Crippen LogP contribution in [0, 0.1) is 23.7 Å². The summed E-state index contributed by atoms with van der Waals surface area (Å²) in [6.07, 6.45) is 5.05. The van der Waals surface area contributed by atoms with E-state index >= 15 is 0 Å². The van der Waals surface area contributed by atoms with E-state index < -0.39 is 24.3 Å². The molecule has 2 aliphatic heterocycles. The summed E-state index contributed by atoms with van der Waals surface area (Å²) in [5, 5.41) is 12.3. The number of hydrogen-bond donors (Lipinski definition) is 4. The number of likely N-dealkylation sites (tertiary alicyclic amines) is 2. The van der Waals surface area contributed by atoms with Crippen LogP contribution in [-0.2, 0) is 14.3 Å². The SMILES string of the molecule is COC(=O)N[C@H](C(=O)N1[C@@H](C)CC[C@H]1c1nc(-c2ccc(C#Cc3ccc(-c4c[nH]c([C@@H]5CC[C@H](C)N5C(=O)[C@H](C(C)C)N(C)C(=O)O)n4)cc3)cc2)c[nH]1)C(C)C. The van der Waals surface area contributed by atoms with Crippen LogP contribution in [0.4, 0.5) is 9.59 Å². The topological polar surface area (TPSA) is 177 Å². The van der Waals surface area contributed by atoms with Gasteiger partial charge < -0.3 is 34.9 Å². The number of alkyl carbamates (subject to hydrolysis) is 1. The number of aromatic amines is 2. The summed E-state index contributed by atoms with van der Waals surface area (Å²) in [5.74, 6) is 7.21. The number of aromatic nitrogens is 4. The normalized spacial score (nSPS) is 20.1. The number of nitrogens with zero attached hydrogens (tertiary/aromatic N) is 5. The van der Waals surface area contributed by atoms with Crippen molar-refractivity contribution in [2.45, 2.75) is 103 Å². The molecule has 4 heterocycles. The molecule has 2 fully saturated rings. The number of ether oxygens (including phenoxy) is 1. The van der Waals surface area contributed by atoms with Crippen LogP contribution in [0.15, 0.2) is 60.9 Å². The molecule has 0 radical (unpaired) electrons. The zero-order valence-corrected chi connectivity index (χ0v) is 34.4. The predicted octanol–water partition coefficient (Wildman–Crippen LogP) is 6.99. The first-order valence-electron chi connectivity index (χ1n) is 20.0. The van der Waals surface area contributed by atoms with Gasteiger partial charge in [-0.05, 0) is 75.6 Å². The van der Waals surface area contributed by atoms with E-state index in [-0.39, 0.29) is 47.8 Å². The van der Waals surface area contributed by atoms with Gasteiger partial charge in [-0.3, -0.25) is 14.5 Å². The van der Waals surface area contributed by atoms with Crippen molar-refractivity contribution in [3.63, 3.8) is 0 Å². The Hall–Kier alpha value is -6.10. The quantitative estimate of drug-likeness (QED) is 0.124. The van der Waals surface area contributed by atoms with Gasteiger partial charge in [0.2, 0.25) is 11.8 Å². The fraction of sp³-hybridized carbons (Fsp3) is 0.455. The molecule has 0 aliphatic carbocycles. The molecule has 0 saturated carbocycles. The van der Waals surface area contributed by atoms with Crippen LogP contribution < -0.4 is 5.32 Å². The minimum absolute atomic E-state index is 0.00534. The molecule has 2 aromatic heterocycles. The predicted molar refractivity (Wildman–Crippen MR) is 219 cm³/mol. The largest absolute Gasteiger partial charge is 0.465 e. The fourth-order valence-electron chi connectivity index (χ4n) is 8.18. The zero-order valence-electron chi connectivity index (χ0n) is 34.4. The number of nitrogens with one attached hydrogen (secondary N) is 3. The van der Waals surface area contributed by atoms with Crippen LogP contribution >= 0.6 is 0 Å². The second kappa shape index (κ2) is 17.6. The Bertz CT molecular complexity index is 2160. The summed E-state index contributed by atoms with van der Waals surface area (Å²) in [6, 6.07) is 13.6. The highest BCUT2D eigenvalue weighted by atomic mass is 16.5. The van der Waals surface area contributed by atoms with Crippen molar-refractivity contribution in [3.05, 3.63) is 83.7 Å². The number of amides is 4. The lowest BCUT2D eigenvalue weighted by Crippen LogP contribution is -2.53. The lowest BCUT2D eigenvalue weighted by molar-refractivity contribution is -0.140. The Balaban J connectivity index is 1.10. The maximum absolute atomic E-state index is 13.8. The van der Waals surface area contributed by atoms with Crippen molar-refractivity contribution in [1.29, 1.82) is 0 Å². The molecule has 0 unspecified atom stereocenters. The van der Waals surface area contributed by atoms with E-state index in [1.807, 2.05) is 107 Å². The van der Waals surface area contributed by atoms with Gasteiger partial charge in [-0.2, -0.15) is 0 Å². The lowest BCUT2D eigenvalue weighted by atomic mass is 10.0. The molecule has 4 amide bonds. The number of hydrogen-bond acceptors (Lipinski definition) is 7. The van der Waals surface area contributed by atoms with Gasteiger partial charge in [-0.25, -0.2) is 19.6 Å². The summed E-state index contributed by atoms with van der Waals surface area (Å²) in [4.78, 5) is 72.4. The fourth-order valence-corrected chi connectivity index (χ4v) is 8.18. The van der Waals surface area contributed by atoms with E-state index in [0.29, 0.717) is 11.6 Å². The van der Waals surface area contributed by atoms with Crippen molar-refractivity contribution in [3.8, 4) is 34.4 Å². The first-order valence-corrected chi connectivity index (χ1v) is 20.0. The zero-order chi connectivity index (χ0) is 41.8. The van der Waals surface area contributed by atoms with Crippen LogP contribution in [0.3, 0.4) is 0 Å². The molecule has 306 valence electrons. The van der Waals surface area contributed by atoms with Gasteiger partial charge in [0.15, 0.2) is 0 Å². The standard InChI is InChI=1S/C44H54N8O6/c1-25(2)37(49-43(55)58-8)41(53)51-27(5)9-21-35(51)39-45-23-33(47-39)31-17-13-29(14-18-31)11-12-30-15-19-32(20-16-30)34-24-46-40(48-34)36-22-10-28(6)52(36)42(54)38(26(3)4)50(7)44(56)57/h13-20,23-28,35-38H,9-10,21-22H2,1-8H3,(H,45,47)(H,46,48)(H,49,55)(H,56,57)/t27-,28-,35-,36-,37-,38-/m0/s1. The van der Waals surface area contributed by atoms with E-state index in [1.54, 1.807) is 4.90 Å². The smallest absolute Gasteiger partial charge is 0.407 e. The van der Waals surface area contributed by atoms with Gasteiger partial charge in [0, 0.05) is 53.8 Å². The maximum atomic E-state index is 13.8. The number of imidazole rings is 2. The second-order valence-corrected chi connectivity index (χ2v) is 16.1. The average molecular weight is 791 g/mol. The minimum Gasteiger partial charge on any atom is -0.465 e. The Morgan fingerprint density at radius 1 is 0.759 bits per heavy atom. The molecule has 4 aromatic rings. The van der Waals surface area contributed by atoms with Crippen LogP contribution in [0.5, 0.6) is 0 Å². The molecule has 6 atom stereocenters. The van der Waals surface area contributed by atoms with Crippen molar-refractivity contribution >= 4 is 24.0 Å². The van der Waals surface area contributed by atoms with Crippen LogP contribution in [-0.4, -0.2) is 102 Å². The first kappa shape index (κ1) is 41.5. The Kier molecular flexibility index (Phi) is 12.6. The first-order chi connectivity index (χ1) is 27.7. The summed E-state index contributed by atoms with van der Waals surface area (Å²) in [7, 11) is 2.73. The highest BCUT2D eigenvalue weighted by Gasteiger charge is 2.43. The van der Waals surface area contributed by atoms with Gasteiger partial charge in [0.05, 0.1) is 30.6 Å². The van der Waals surface area contributed by atoms with E-state index in [0.717, 1.165) is 64.2 Å². The molecule has 2 saturated heterocycles. The Morgan fingerprint density at radius 2 is 1.21 bits per heavy atom. The number of carbonyl (C=O) groups is 4. The summed E-state index contributed by atoms with van der Waals surface area (Å²) < 4.78 is 4.77. The molecule has 0 spiro atoms. The third kappa shape index (κ3) is 8.73. The minimum atomic E-state index is -1.13. The molecule has 14 nitrogen and oxygen atoms in total. The highest BCUT2D eigenvalue weighted by molar-refractivity contribution is 5.87. The van der Waals surface area contributed by atoms with Crippen molar-refractivity contribution in [2.24, 2.45) is 11.8 Å². The molecule has 14 heteroatoms. The third-order valence-corrected chi connectivity index (χ3v) is 11.4. The van der Waals surface area contributed by atoms with E-state index in [1.165, 1.54) is 14.2 Å². The van der Waals surface area contributed by atoms with Gasteiger partial charge in [0.25, 0.3) is 0 Å². The third-order valence-electron chi connectivity index (χ3n) is 11.4. The summed E-state index contributed by atoms with van der Waals surface area (Å²) >= 11 is 0. The average Bonchev–Trinajstić information content (AvgIpc) is 4.03. The van der Waals surface area contributed by atoms with Crippen molar-refractivity contribution in [1.82, 2.24) is 40.0 Å². The monoisotopic (exact) mass is 790 g/mol. The summed E-state index contributed by atoms with van der Waals surface area (Å²) in [5.41, 5.74) is 5.02. The Morgan fingerprint density at radius 3 is 1.60 bits per heavy atom. The Labute approximate surface area is 339 Å². The summed E-state index contributed by atoms with van der Waals surface area (Å²) in [6.45, 7) is 11.5. The molecule has 2 aromatic carbocycles. The van der Waals surface area contributed by atoms with Crippen LogP contribution in [0.1, 0.15) is 102 Å². The number of methoxy groups -OCH3 is 1. The number of H-pyrrole nitrogens is 2. The molecular weight excluding hydrogens is 737 g/mol. The van der Waals surface area contributed by atoms with Crippen LogP contribution in [0.25, 0.3) is 22.5 Å². The van der Waals surface area contributed by atoms with E-state index in [4.69, 9.17) is 14.7 Å². The highest BCUT2D eigenvalue weighted by Crippen LogP contribution is 2.38.